The quantitative estimate of drug-likeness (QED) is 0.697. The van der Waals surface area contributed by atoms with Crippen molar-refractivity contribution in [2.24, 2.45) is 0 Å². The predicted molar refractivity (Wildman–Crippen MR) is 103 cm³/mol. The van der Waals surface area contributed by atoms with E-state index in [1.165, 1.54) is 0 Å². The van der Waals surface area contributed by atoms with Crippen molar-refractivity contribution >= 4 is 23.8 Å². The molecule has 1 N–H and O–H groups in total. The summed E-state index contributed by atoms with van der Waals surface area (Å²) in [6.45, 7) is 11.0. The van der Waals surface area contributed by atoms with Crippen LogP contribution in [0.4, 0.5) is 0 Å². The first-order valence-electron chi connectivity index (χ1n) is 7.59. The molecule has 23 heavy (non-hydrogen) atoms. The summed E-state index contributed by atoms with van der Waals surface area (Å²) in [5.74, 6) is 0.581. The molecule has 0 saturated carbocycles. The molecule has 0 atom stereocenters. The largest absolute Gasteiger partial charge is 0.390 e. The van der Waals surface area contributed by atoms with Gasteiger partial charge in [-0.25, -0.2) is 0 Å². The zero-order chi connectivity index (χ0) is 17.3. The van der Waals surface area contributed by atoms with Crippen molar-refractivity contribution in [2.45, 2.75) is 31.7 Å². The van der Waals surface area contributed by atoms with Gasteiger partial charge >= 0.3 is 0 Å². The number of hydrogen-bond donors (Lipinski definition) is 1. The number of aliphatic hydroxyl groups is 1. The molecule has 2 aromatic carbocycles. The van der Waals surface area contributed by atoms with Gasteiger partial charge in [0.1, 0.15) is 0 Å². The highest BCUT2D eigenvalue weighted by Gasteiger charge is 2.12. The maximum Gasteiger partial charge on any atom is 0.0631 e. The molecule has 0 heterocycles. The molecule has 1 nitrogen and oxygen atoms in total. The molecule has 2 heteroatoms. The van der Waals surface area contributed by atoms with Gasteiger partial charge in [0.2, 0.25) is 0 Å². The standard InChI is InChI=1S/C12H16O.C9H9Cl/c1-4-10-5-7-11(8-6-10)9-12(2,3)13;1-2-8-3-5-9(7-10)6-4-8/h4-8,13H,1,9H2,2-3H3;2-6H,1,7H2. The van der Waals surface area contributed by atoms with E-state index in [1.807, 2.05) is 74.5 Å². The summed E-state index contributed by atoms with van der Waals surface area (Å²) >= 11 is 5.60. The van der Waals surface area contributed by atoms with Gasteiger partial charge in [0.15, 0.2) is 0 Å². The molecule has 0 aliphatic carbocycles. The zero-order valence-electron chi connectivity index (χ0n) is 13.9. The number of rotatable bonds is 5. The van der Waals surface area contributed by atoms with Gasteiger partial charge in [-0.05, 0) is 36.1 Å². The van der Waals surface area contributed by atoms with Gasteiger partial charge in [-0.2, -0.15) is 0 Å². The Kier molecular flexibility index (Phi) is 7.80. The van der Waals surface area contributed by atoms with E-state index in [4.69, 9.17) is 11.6 Å². The van der Waals surface area contributed by atoms with Crippen LogP contribution in [0.2, 0.25) is 0 Å². The Morgan fingerprint density at radius 3 is 1.57 bits per heavy atom. The highest BCUT2D eigenvalue weighted by molar-refractivity contribution is 6.17. The van der Waals surface area contributed by atoms with E-state index in [-0.39, 0.29) is 0 Å². The molecule has 0 spiro atoms. The van der Waals surface area contributed by atoms with E-state index in [9.17, 15) is 5.11 Å². The number of alkyl halides is 1. The summed E-state index contributed by atoms with van der Waals surface area (Å²) in [5.41, 5.74) is 3.91. The van der Waals surface area contributed by atoms with Crippen molar-refractivity contribution in [3.63, 3.8) is 0 Å². The lowest BCUT2D eigenvalue weighted by atomic mass is 9.98. The Morgan fingerprint density at radius 1 is 0.870 bits per heavy atom. The van der Waals surface area contributed by atoms with Crippen LogP contribution in [0.15, 0.2) is 61.7 Å². The van der Waals surface area contributed by atoms with Crippen LogP contribution in [0.1, 0.15) is 36.1 Å². The molecule has 0 bridgehead atoms. The monoisotopic (exact) mass is 328 g/mol. The SMILES string of the molecule is C=Cc1ccc(CC(C)(C)O)cc1.C=Cc1ccc(CCl)cc1. The summed E-state index contributed by atoms with van der Waals surface area (Å²) in [6.07, 6.45) is 4.32. The maximum absolute atomic E-state index is 9.58. The Hall–Kier alpha value is -1.83. The van der Waals surface area contributed by atoms with E-state index in [0.29, 0.717) is 12.3 Å². The van der Waals surface area contributed by atoms with Crippen molar-refractivity contribution in [3.05, 3.63) is 83.9 Å². The minimum Gasteiger partial charge on any atom is -0.390 e. The molecule has 0 fully saturated rings. The fraction of sp³-hybridized carbons (Fsp3) is 0.238. The molecule has 0 aromatic heterocycles. The number of halogens is 1. The Bertz CT molecular complexity index is 604. The van der Waals surface area contributed by atoms with E-state index in [1.54, 1.807) is 0 Å². The highest BCUT2D eigenvalue weighted by Crippen LogP contribution is 2.13. The minimum atomic E-state index is -0.629. The van der Waals surface area contributed by atoms with Crippen LogP contribution in [0.5, 0.6) is 0 Å². The van der Waals surface area contributed by atoms with Crippen LogP contribution >= 0.6 is 11.6 Å². The molecule has 0 radical (unpaired) electrons. The van der Waals surface area contributed by atoms with Gasteiger partial charge in [-0.15, -0.1) is 11.6 Å². The summed E-state index contributed by atoms with van der Waals surface area (Å²) in [5, 5.41) is 9.58. The molecule has 0 unspecified atom stereocenters. The molecule has 2 rings (SSSR count). The highest BCUT2D eigenvalue weighted by atomic mass is 35.5. The Morgan fingerprint density at radius 2 is 1.26 bits per heavy atom. The number of benzene rings is 2. The van der Waals surface area contributed by atoms with E-state index >= 15 is 0 Å². The van der Waals surface area contributed by atoms with Gasteiger partial charge in [0, 0.05) is 12.3 Å². The van der Waals surface area contributed by atoms with Gasteiger partial charge in [-0.3, -0.25) is 0 Å². The van der Waals surface area contributed by atoms with Crippen LogP contribution in [0.25, 0.3) is 12.2 Å². The fourth-order valence-corrected chi connectivity index (χ4v) is 2.19. The van der Waals surface area contributed by atoms with Gasteiger partial charge in [0.25, 0.3) is 0 Å². The predicted octanol–water partition coefficient (Wildman–Crippen LogP) is 5.71. The third-order valence-corrected chi connectivity index (χ3v) is 3.53. The summed E-state index contributed by atoms with van der Waals surface area (Å²) < 4.78 is 0. The third kappa shape index (κ3) is 7.83. The van der Waals surface area contributed by atoms with Gasteiger partial charge in [-0.1, -0.05) is 73.8 Å². The zero-order valence-corrected chi connectivity index (χ0v) is 14.7. The average Bonchev–Trinajstić information content (AvgIpc) is 2.55. The second kappa shape index (κ2) is 9.34. The lowest BCUT2D eigenvalue weighted by Gasteiger charge is -2.16. The topological polar surface area (TPSA) is 20.2 Å². The van der Waals surface area contributed by atoms with E-state index in [2.05, 4.69) is 13.2 Å². The van der Waals surface area contributed by atoms with Crippen LogP contribution < -0.4 is 0 Å². The van der Waals surface area contributed by atoms with E-state index < -0.39 is 5.60 Å². The molecular weight excluding hydrogens is 304 g/mol. The number of hydrogen-bond acceptors (Lipinski definition) is 1. The second-order valence-corrected chi connectivity index (χ2v) is 6.28. The first-order chi connectivity index (χ1) is 10.9. The maximum atomic E-state index is 9.58. The van der Waals surface area contributed by atoms with Crippen LogP contribution in [0, 0.1) is 0 Å². The van der Waals surface area contributed by atoms with Crippen molar-refractivity contribution in [1.82, 2.24) is 0 Å². The third-order valence-electron chi connectivity index (χ3n) is 3.22. The summed E-state index contributed by atoms with van der Waals surface area (Å²) in [4.78, 5) is 0. The van der Waals surface area contributed by atoms with Gasteiger partial charge in [0.05, 0.1) is 5.60 Å². The average molecular weight is 329 g/mol. The van der Waals surface area contributed by atoms with E-state index in [0.717, 1.165) is 22.3 Å². The van der Waals surface area contributed by atoms with Crippen molar-refractivity contribution < 1.29 is 5.11 Å². The Labute approximate surface area is 144 Å². The van der Waals surface area contributed by atoms with Crippen molar-refractivity contribution in [3.8, 4) is 0 Å². The normalized spacial score (nSPS) is 10.4. The molecule has 0 amide bonds. The van der Waals surface area contributed by atoms with Crippen LogP contribution in [-0.4, -0.2) is 10.7 Å². The molecular formula is C21H25ClO. The molecule has 0 saturated heterocycles. The lowest BCUT2D eigenvalue weighted by molar-refractivity contribution is 0.0810. The first kappa shape index (κ1) is 19.2. The first-order valence-corrected chi connectivity index (χ1v) is 8.12. The molecule has 122 valence electrons. The van der Waals surface area contributed by atoms with Crippen LogP contribution in [-0.2, 0) is 12.3 Å². The second-order valence-electron chi connectivity index (χ2n) is 6.01. The van der Waals surface area contributed by atoms with Gasteiger partial charge < -0.3 is 5.11 Å². The lowest BCUT2D eigenvalue weighted by Crippen LogP contribution is -2.21. The van der Waals surface area contributed by atoms with Crippen LogP contribution in [0.3, 0.4) is 0 Å². The fourth-order valence-electron chi connectivity index (χ4n) is 2.01. The summed E-state index contributed by atoms with van der Waals surface area (Å²) in [6, 6.07) is 16.1. The smallest absolute Gasteiger partial charge is 0.0631 e. The van der Waals surface area contributed by atoms with Crippen molar-refractivity contribution in [1.29, 1.82) is 0 Å². The molecule has 2 aromatic rings. The molecule has 0 aliphatic heterocycles. The molecule has 0 aliphatic rings. The Balaban J connectivity index is 0.000000238. The van der Waals surface area contributed by atoms with Crippen molar-refractivity contribution in [2.75, 3.05) is 0 Å². The summed E-state index contributed by atoms with van der Waals surface area (Å²) in [7, 11) is 0. The minimum absolute atomic E-state index is 0.581.